The van der Waals surface area contributed by atoms with Gasteiger partial charge >= 0.3 is 11.9 Å². The van der Waals surface area contributed by atoms with Gasteiger partial charge in [-0.1, -0.05) is 0 Å². The van der Waals surface area contributed by atoms with Gasteiger partial charge in [0.05, 0.1) is 19.1 Å². The predicted molar refractivity (Wildman–Crippen MR) is 82.1 cm³/mol. The number of nitrogens with two attached hydrogens (primary N) is 1. The highest BCUT2D eigenvalue weighted by molar-refractivity contribution is 5.95. The maximum Gasteiger partial charge on any atom is 0.328 e. The van der Waals surface area contributed by atoms with Gasteiger partial charge in [0, 0.05) is 0 Å². The number of aliphatic hydroxyl groups is 1. The lowest BCUT2D eigenvalue weighted by molar-refractivity contribution is -0.145. The lowest BCUT2D eigenvalue weighted by atomic mass is 10.1. The highest BCUT2D eigenvalue weighted by Gasteiger charge is 2.30. The fraction of sp³-hybridized carbons (Fsp3) is 0.615. The Morgan fingerprint density at radius 1 is 0.960 bits per heavy atom. The van der Waals surface area contributed by atoms with E-state index in [1.165, 1.54) is 6.92 Å². The van der Waals surface area contributed by atoms with Crippen LogP contribution in [0.25, 0.3) is 0 Å². The van der Waals surface area contributed by atoms with Gasteiger partial charge in [0.1, 0.15) is 12.1 Å². The molecular formula is C13H22N4O8. The molecule has 0 aromatic carbocycles. The molecule has 4 unspecified atom stereocenters. The first-order chi connectivity index (χ1) is 11.5. The maximum atomic E-state index is 12.0. The molecule has 3 amide bonds. The van der Waals surface area contributed by atoms with Crippen LogP contribution in [0.3, 0.4) is 0 Å². The Bertz CT molecular complexity index is 536. The molecule has 0 fully saturated rings. The van der Waals surface area contributed by atoms with Gasteiger partial charge in [-0.2, -0.15) is 0 Å². The number of aliphatic hydroxyl groups excluding tert-OH is 1. The zero-order valence-electron chi connectivity index (χ0n) is 13.7. The van der Waals surface area contributed by atoms with Gasteiger partial charge in [-0.3, -0.25) is 19.2 Å². The number of carboxylic acids is 2. The molecule has 0 saturated heterocycles. The molecule has 0 aromatic rings. The van der Waals surface area contributed by atoms with Crippen molar-refractivity contribution < 1.29 is 39.3 Å². The quantitative estimate of drug-likeness (QED) is 0.204. The number of hydrogen-bond acceptors (Lipinski definition) is 7. The molecule has 0 aliphatic rings. The van der Waals surface area contributed by atoms with Gasteiger partial charge in [0.15, 0.2) is 6.04 Å². The van der Waals surface area contributed by atoms with E-state index in [2.05, 4.69) is 10.6 Å². The van der Waals surface area contributed by atoms with Crippen molar-refractivity contribution in [3.05, 3.63) is 0 Å². The molecule has 0 bridgehead atoms. The molecular weight excluding hydrogens is 340 g/mol. The number of nitrogens with one attached hydrogen (secondary N) is 3. The van der Waals surface area contributed by atoms with Crippen molar-refractivity contribution in [1.82, 2.24) is 16.0 Å². The molecule has 0 heterocycles. The van der Waals surface area contributed by atoms with Crippen LogP contribution < -0.4 is 21.7 Å². The lowest BCUT2D eigenvalue weighted by Gasteiger charge is -2.22. The van der Waals surface area contributed by atoms with Crippen molar-refractivity contribution in [2.45, 2.75) is 44.5 Å². The lowest BCUT2D eigenvalue weighted by Crippen LogP contribution is -2.57. The molecule has 4 atom stereocenters. The summed E-state index contributed by atoms with van der Waals surface area (Å²) in [4.78, 5) is 56.8. The van der Waals surface area contributed by atoms with Gasteiger partial charge in [-0.25, -0.2) is 4.79 Å². The van der Waals surface area contributed by atoms with Gasteiger partial charge in [0.25, 0.3) is 0 Å². The molecule has 8 N–H and O–H groups in total. The molecule has 0 saturated carbocycles. The Kier molecular flexibility index (Phi) is 9.09. The molecule has 12 heteroatoms. The fourth-order valence-corrected chi connectivity index (χ4v) is 1.68. The van der Waals surface area contributed by atoms with E-state index in [9.17, 15) is 29.1 Å². The minimum atomic E-state index is -1.58. The number of rotatable bonds is 10. The average molecular weight is 362 g/mol. The topological polar surface area (TPSA) is 208 Å². The van der Waals surface area contributed by atoms with Crippen LogP contribution in [0.1, 0.15) is 20.3 Å². The van der Waals surface area contributed by atoms with Crippen molar-refractivity contribution >= 4 is 29.7 Å². The van der Waals surface area contributed by atoms with Crippen LogP contribution >= 0.6 is 0 Å². The Hall–Kier alpha value is -2.73. The third-order valence-corrected chi connectivity index (χ3v) is 3.01. The van der Waals surface area contributed by atoms with Gasteiger partial charge in [-0.05, 0) is 13.8 Å². The predicted octanol–water partition coefficient (Wildman–Crippen LogP) is -3.64. The summed E-state index contributed by atoms with van der Waals surface area (Å²) in [6.45, 7) is 1.92. The standard InChI is InChI=1S/C13H22N4O8/c1-5(11(22)17-10(6(2)18)13(24)25)15-12(23)7(3-9(20)21)16-8(19)4-14/h5-7,10,18H,3-4,14H2,1-2H3,(H,15,23)(H,16,19)(H,17,22)(H,20,21)(H,24,25). The number of amides is 3. The molecule has 25 heavy (non-hydrogen) atoms. The molecule has 0 radical (unpaired) electrons. The van der Waals surface area contributed by atoms with Gasteiger partial charge < -0.3 is 37.0 Å². The highest BCUT2D eigenvalue weighted by atomic mass is 16.4. The van der Waals surface area contributed by atoms with Crippen LogP contribution in [0.4, 0.5) is 0 Å². The van der Waals surface area contributed by atoms with Gasteiger partial charge in [0.2, 0.25) is 17.7 Å². The fourth-order valence-electron chi connectivity index (χ4n) is 1.68. The van der Waals surface area contributed by atoms with Crippen molar-refractivity contribution in [2.24, 2.45) is 5.73 Å². The van der Waals surface area contributed by atoms with Crippen LogP contribution in [0, 0.1) is 0 Å². The Morgan fingerprint density at radius 3 is 1.92 bits per heavy atom. The highest BCUT2D eigenvalue weighted by Crippen LogP contribution is 1.98. The summed E-state index contributed by atoms with van der Waals surface area (Å²) in [6, 6.07) is -4.30. The van der Waals surface area contributed by atoms with Crippen molar-refractivity contribution in [1.29, 1.82) is 0 Å². The van der Waals surface area contributed by atoms with Crippen molar-refractivity contribution in [3.8, 4) is 0 Å². The summed E-state index contributed by atoms with van der Waals surface area (Å²) in [5.74, 6) is -5.48. The summed E-state index contributed by atoms with van der Waals surface area (Å²) in [6.07, 6.45) is -2.12. The van der Waals surface area contributed by atoms with E-state index in [1.54, 1.807) is 0 Å². The van der Waals surface area contributed by atoms with Crippen molar-refractivity contribution in [3.63, 3.8) is 0 Å². The SMILES string of the molecule is CC(NC(=O)C(CC(=O)O)NC(=O)CN)C(=O)NC(C(=O)O)C(C)O. The Balaban J connectivity index is 4.91. The first kappa shape index (κ1) is 22.3. The third-order valence-electron chi connectivity index (χ3n) is 3.01. The van der Waals surface area contributed by atoms with E-state index in [-0.39, 0.29) is 0 Å². The summed E-state index contributed by atoms with van der Waals surface area (Å²) in [7, 11) is 0. The summed E-state index contributed by atoms with van der Waals surface area (Å²) in [5.41, 5.74) is 5.08. The zero-order chi connectivity index (χ0) is 19.7. The molecule has 0 aliphatic heterocycles. The van der Waals surface area contributed by atoms with Crippen LogP contribution in [0.5, 0.6) is 0 Å². The monoisotopic (exact) mass is 362 g/mol. The third kappa shape index (κ3) is 8.08. The average Bonchev–Trinajstić information content (AvgIpc) is 2.49. The number of carbonyl (C=O) groups excluding carboxylic acids is 3. The first-order valence-electron chi connectivity index (χ1n) is 7.22. The van der Waals surface area contributed by atoms with E-state index in [0.29, 0.717) is 0 Å². The van der Waals surface area contributed by atoms with Crippen LogP contribution in [0.2, 0.25) is 0 Å². The van der Waals surface area contributed by atoms with E-state index >= 15 is 0 Å². The number of aliphatic carboxylic acids is 2. The number of carbonyl (C=O) groups is 5. The molecule has 0 aliphatic carbocycles. The van der Waals surface area contributed by atoms with Crippen LogP contribution in [-0.4, -0.2) is 75.8 Å². The summed E-state index contributed by atoms with van der Waals surface area (Å²) < 4.78 is 0. The van der Waals surface area contributed by atoms with E-state index in [4.69, 9.17) is 15.9 Å². The second-order valence-electron chi connectivity index (χ2n) is 5.22. The van der Waals surface area contributed by atoms with Crippen molar-refractivity contribution in [2.75, 3.05) is 6.54 Å². The summed E-state index contributed by atoms with van der Waals surface area (Å²) in [5, 5.41) is 33.2. The molecule has 0 aromatic heterocycles. The number of hydrogen-bond donors (Lipinski definition) is 7. The zero-order valence-corrected chi connectivity index (χ0v) is 13.7. The molecule has 142 valence electrons. The van der Waals surface area contributed by atoms with Gasteiger partial charge in [-0.15, -0.1) is 0 Å². The Labute approximate surface area is 142 Å². The normalized spacial score (nSPS) is 15.2. The van der Waals surface area contributed by atoms with E-state index < -0.39 is 66.9 Å². The molecule has 12 nitrogen and oxygen atoms in total. The first-order valence-corrected chi connectivity index (χ1v) is 7.22. The van der Waals surface area contributed by atoms with Crippen LogP contribution in [-0.2, 0) is 24.0 Å². The van der Waals surface area contributed by atoms with Crippen LogP contribution in [0.15, 0.2) is 0 Å². The number of carboxylic acid groups (broad SMARTS) is 2. The largest absolute Gasteiger partial charge is 0.481 e. The smallest absolute Gasteiger partial charge is 0.328 e. The minimum Gasteiger partial charge on any atom is -0.481 e. The van der Waals surface area contributed by atoms with E-state index in [1.807, 2.05) is 5.32 Å². The summed E-state index contributed by atoms with van der Waals surface area (Å²) >= 11 is 0. The molecule has 0 spiro atoms. The van der Waals surface area contributed by atoms with E-state index in [0.717, 1.165) is 6.92 Å². The minimum absolute atomic E-state index is 0.464. The maximum absolute atomic E-state index is 12.0. The Morgan fingerprint density at radius 2 is 1.52 bits per heavy atom. The molecule has 0 rings (SSSR count). The second kappa shape index (κ2) is 10.2. The second-order valence-corrected chi connectivity index (χ2v) is 5.22.